The summed E-state index contributed by atoms with van der Waals surface area (Å²) in [7, 11) is 1.52. The average molecular weight is 373 g/mol. The van der Waals surface area contributed by atoms with E-state index in [2.05, 4.69) is 5.32 Å². The van der Waals surface area contributed by atoms with E-state index < -0.39 is 0 Å². The number of para-hydroxylation sites is 1. The van der Waals surface area contributed by atoms with Crippen molar-refractivity contribution in [3.05, 3.63) is 59.1 Å². The van der Waals surface area contributed by atoms with E-state index in [-0.39, 0.29) is 17.7 Å². The minimum atomic E-state index is -0.238. The number of anilines is 1. The number of carbonyl (C=O) groups is 2. The van der Waals surface area contributed by atoms with E-state index in [1.165, 1.54) is 7.11 Å². The monoisotopic (exact) mass is 372 g/mol. The number of nitrogens with one attached hydrogen (secondary N) is 1. The van der Waals surface area contributed by atoms with Gasteiger partial charge in [-0.05, 0) is 43.2 Å². The average Bonchev–Trinajstić information content (AvgIpc) is 2.68. The summed E-state index contributed by atoms with van der Waals surface area (Å²) < 4.78 is 5.28. The summed E-state index contributed by atoms with van der Waals surface area (Å²) >= 11 is 6.04. The fraction of sp³-hybridized carbons (Fsp3) is 0.300. The quantitative estimate of drug-likeness (QED) is 0.887. The second kappa shape index (κ2) is 8.23. The van der Waals surface area contributed by atoms with Crippen LogP contribution in [0.15, 0.2) is 48.5 Å². The number of rotatable bonds is 4. The van der Waals surface area contributed by atoms with Crippen LogP contribution in [0.4, 0.5) is 5.69 Å². The zero-order valence-corrected chi connectivity index (χ0v) is 15.3. The number of hydrogen-bond donors (Lipinski definition) is 1. The fourth-order valence-electron chi connectivity index (χ4n) is 3.16. The Morgan fingerprint density at radius 1 is 1.19 bits per heavy atom. The standard InChI is InChI=1S/C20H21ClN2O3/c1-26-18-10-9-15(21)12-17(18)20(25)23-11-5-6-14(13-23)19(24)22-16-7-3-2-4-8-16/h2-4,7-10,12,14H,5-6,11,13H2,1H3,(H,22,24)/t14-/m1/s1. The van der Waals surface area contributed by atoms with Crippen LogP contribution < -0.4 is 10.1 Å². The van der Waals surface area contributed by atoms with Crippen molar-refractivity contribution < 1.29 is 14.3 Å². The molecule has 0 aromatic heterocycles. The minimum Gasteiger partial charge on any atom is -0.496 e. The molecule has 0 radical (unpaired) electrons. The maximum atomic E-state index is 12.9. The van der Waals surface area contributed by atoms with Crippen LogP contribution in [0.1, 0.15) is 23.2 Å². The van der Waals surface area contributed by atoms with Crippen LogP contribution in [0.2, 0.25) is 5.02 Å². The molecule has 1 saturated heterocycles. The van der Waals surface area contributed by atoms with E-state index in [0.29, 0.717) is 29.4 Å². The zero-order chi connectivity index (χ0) is 18.5. The summed E-state index contributed by atoms with van der Waals surface area (Å²) in [6.45, 7) is 0.997. The molecule has 1 atom stereocenters. The summed E-state index contributed by atoms with van der Waals surface area (Å²) in [5, 5.41) is 3.40. The van der Waals surface area contributed by atoms with Crippen LogP contribution in [0.25, 0.3) is 0 Å². The lowest BCUT2D eigenvalue weighted by molar-refractivity contribution is -0.121. The number of ether oxygens (including phenoxy) is 1. The Kier molecular flexibility index (Phi) is 5.78. The first-order valence-electron chi connectivity index (χ1n) is 8.57. The van der Waals surface area contributed by atoms with Crippen molar-refractivity contribution in [2.24, 2.45) is 5.92 Å². The summed E-state index contributed by atoms with van der Waals surface area (Å²) in [5.41, 5.74) is 1.18. The maximum Gasteiger partial charge on any atom is 0.257 e. The van der Waals surface area contributed by atoms with E-state index >= 15 is 0 Å². The molecule has 2 aromatic carbocycles. The van der Waals surface area contributed by atoms with Gasteiger partial charge in [0.2, 0.25) is 5.91 Å². The van der Waals surface area contributed by atoms with Crippen LogP contribution in [0.5, 0.6) is 5.75 Å². The molecule has 136 valence electrons. The number of hydrogen-bond acceptors (Lipinski definition) is 3. The van der Waals surface area contributed by atoms with Gasteiger partial charge in [-0.2, -0.15) is 0 Å². The first kappa shape index (κ1) is 18.3. The van der Waals surface area contributed by atoms with Crippen LogP contribution in [-0.2, 0) is 4.79 Å². The second-order valence-electron chi connectivity index (χ2n) is 6.29. The Bertz CT molecular complexity index is 795. The number of carbonyl (C=O) groups excluding carboxylic acids is 2. The third kappa shape index (κ3) is 4.17. The molecule has 0 aliphatic carbocycles. The molecular weight excluding hydrogens is 352 g/mol. The number of benzene rings is 2. The SMILES string of the molecule is COc1ccc(Cl)cc1C(=O)N1CCC[C@@H](C(=O)Nc2ccccc2)C1. The third-order valence-electron chi connectivity index (χ3n) is 4.51. The molecule has 3 rings (SSSR count). The number of piperidine rings is 1. The van der Waals surface area contributed by atoms with Gasteiger partial charge in [-0.3, -0.25) is 9.59 Å². The summed E-state index contributed by atoms with van der Waals surface area (Å²) in [6, 6.07) is 14.3. The van der Waals surface area contributed by atoms with E-state index in [0.717, 1.165) is 18.5 Å². The normalized spacial score (nSPS) is 16.8. The predicted molar refractivity (Wildman–Crippen MR) is 102 cm³/mol. The van der Waals surface area contributed by atoms with E-state index in [1.807, 2.05) is 30.3 Å². The molecule has 6 heteroatoms. The lowest BCUT2D eigenvalue weighted by Crippen LogP contribution is -2.43. The van der Waals surface area contributed by atoms with Crippen LogP contribution in [0, 0.1) is 5.92 Å². The molecule has 0 spiro atoms. The Balaban J connectivity index is 1.71. The molecule has 0 bridgehead atoms. The Morgan fingerprint density at radius 3 is 2.69 bits per heavy atom. The minimum absolute atomic E-state index is 0.0632. The van der Waals surface area contributed by atoms with Crippen molar-refractivity contribution in [2.75, 3.05) is 25.5 Å². The topological polar surface area (TPSA) is 58.6 Å². The number of methoxy groups -OCH3 is 1. The highest BCUT2D eigenvalue weighted by Gasteiger charge is 2.30. The molecule has 2 aromatic rings. The van der Waals surface area contributed by atoms with Gasteiger partial charge in [0.1, 0.15) is 5.75 Å². The highest BCUT2D eigenvalue weighted by Crippen LogP contribution is 2.27. The van der Waals surface area contributed by atoms with Gasteiger partial charge >= 0.3 is 0 Å². The molecular formula is C20H21ClN2O3. The third-order valence-corrected chi connectivity index (χ3v) is 4.75. The van der Waals surface area contributed by atoms with E-state index in [9.17, 15) is 9.59 Å². The number of amides is 2. The number of halogens is 1. The molecule has 1 N–H and O–H groups in total. The summed E-state index contributed by atoms with van der Waals surface area (Å²) in [6.07, 6.45) is 1.54. The van der Waals surface area contributed by atoms with Gasteiger partial charge in [-0.1, -0.05) is 29.8 Å². The Labute approximate surface area is 157 Å². The zero-order valence-electron chi connectivity index (χ0n) is 14.6. The van der Waals surface area contributed by atoms with Gasteiger partial charge in [0, 0.05) is 23.8 Å². The van der Waals surface area contributed by atoms with E-state index in [1.54, 1.807) is 23.1 Å². The Hall–Kier alpha value is -2.53. The van der Waals surface area contributed by atoms with Crippen molar-refractivity contribution in [2.45, 2.75) is 12.8 Å². The molecule has 1 heterocycles. The molecule has 26 heavy (non-hydrogen) atoms. The summed E-state index contributed by atoms with van der Waals surface area (Å²) in [5.74, 6) is 0.0154. The molecule has 1 aliphatic rings. The van der Waals surface area contributed by atoms with Gasteiger partial charge in [0.05, 0.1) is 18.6 Å². The highest BCUT2D eigenvalue weighted by atomic mass is 35.5. The predicted octanol–water partition coefficient (Wildman–Crippen LogP) is 3.84. The largest absolute Gasteiger partial charge is 0.496 e. The lowest BCUT2D eigenvalue weighted by Gasteiger charge is -2.32. The van der Waals surface area contributed by atoms with Gasteiger partial charge in [0.25, 0.3) is 5.91 Å². The Morgan fingerprint density at radius 2 is 1.96 bits per heavy atom. The van der Waals surface area contributed by atoms with Crippen LogP contribution in [0.3, 0.4) is 0 Å². The summed E-state index contributed by atoms with van der Waals surface area (Å²) in [4.78, 5) is 27.2. The van der Waals surface area contributed by atoms with Crippen LogP contribution >= 0.6 is 11.6 Å². The van der Waals surface area contributed by atoms with Gasteiger partial charge in [-0.15, -0.1) is 0 Å². The lowest BCUT2D eigenvalue weighted by atomic mass is 9.96. The smallest absolute Gasteiger partial charge is 0.257 e. The molecule has 1 fully saturated rings. The van der Waals surface area contributed by atoms with Crippen molar-refractivity contribution >= 4 is 29.1 Å². The molecule has 2 amide bonds. The molecule has 0 saturated carbocycles. The number of nitrogens with zero attached hydrogens (tertiary/aromatic N) is 1. The van der Waals surface area contributed by atoms with Crippen molar-refractivity contribution in [3.8, 4) is 5.75 Å². The van der Waals surface area contributed by atoms with Crippen molar-refractivity contribution in [1.82, 2.24) is 4.90 Å². The van der Waals surface area contributed by atoms with Gasteiger partial charge in [-0.25, -0.2) is 0 Å². The van der Waals surface area contributed by atoms with E-state index in [4.69, 9.17) is 16.3 Å². The van der Waals surface area contributed by atoms with Crippen molar-refractivity contribution in [3.63, 3.8) is 0 Å². The highest BCUT2D eigenvalue weighted by molar-refractivity contribution is 6.31. The van der Waals surface area contributed by atoms with Crippen LogP contribution in [-0.4, -0.2) is 36.9 Å². The molecule has 1 aliphatic heterocycles. The first-order chi connectivity index (χ1) is 12.6. The second-order valence-corrected chi connectivity index (χ2v) is 6.73. The van der Waals surface area contributed by atoms with Gasteiger partial charge < -0.3 is 15.0 Å². The maximum absolute atomic E-state index is 12.9. The molecule has 0 unspecified atom stereocenters. The molecule has 5 nitrogen and oxygen atoms in total. The first-order valence-corrected chi connectivity index (χ1v) is 8.95. The van der Waals surface area contributed by atoms with Gasteiger partial charge in [0.15, 0.2) is 0 Å². The number of likely N-dealkylation sites (tertiary alicyclic amines) is 1. The fourth-order valence-corrected chi connectivity index (χ4v) is 3.33. The van der Waals surface area contributed by atoms with Crippen molar-refractivity contribution in [1.29, 1.82) is 0 Å².